The summed E-state index contributed by atoms with van der Waals surface area (Å²) in [6.45, 7) is 2.89. The number of ether oxygens (including phenoxy) is 1. The Balaban J connectivity index is 1.91. The first kappa shape index (κ1) is 16.1. The second-order valence-corrected chi connectivity index (χ2v) is 5.94. The molecule has 1 amide bonds. The van der Waals surface area contributed by atoms with Gasteiger partial charge in [0.2, 0.25) is 11.9 Å². The van der Waals surface area contributed by atoms with Gasteiger partial charge in [-0.05, 0) is 31.2 Å². The highest BCUT2D eigenvalue weighted by atomic mass is 16.5. The summed E-state index contributed by atoms with van der Waals surface area (Å²) in [7, 11) is 1.60. The predicted molar refractivity (Wildman–Crippen MR) is 102 cm³/mol. The monoisotopic (exact) mass is 349 g/mol. The number of benzene rings is 2. The van der Waals surface area contributed by atoms with Crippen molar-refractivity contribution in [3.63, 3.8) is 0 Å². The van der Waals surface area contributed by atoms with Crippen LogP contribution in [-0.4, -0.2) is 36.1 Å². The Morgan fingerprint density at radius 3 is 2.88 bits per heavy atom. The fourth-order valence-corrected chi connectivity index (χ4v) is 3.09. The van der Waals surface area contributed by atoms with Crippen molar-refractivity contribution in [2.75, 3.05) is 35.7 Å². The summed E-state index contributed by atoms with van der Waals surface area (Å²) in [5, 5.41) is 6.96. The molecule has 0 saturated heterocycles. The van der Waals surface area contributed by atoms with Gasteiger partial charge < -0.3 is 20.3 Å². The standard InChI is InChI=1S/C19H19N5O2/c1-3-20-19-22-14-7-5-4-6-13(14)18(23-19)24-11-17(25)21-15-10-12(26-2)8-9-16(15)24/h4-10H,3,11H2,1-2H3,(H,21,25)(H,20,22,23). The highest BCUT2D eigenvalue weighted by Gasteiger charge is 2.26. The van der Waals surface area contributed by atoms with E-state index in [0.29, 0.717) is 29.7 Å². The molecule has 26 heavy (non-hydrogen) atoms. The first-order chi connectivity index (χ1) is 12.7. The number of para-hydroxylation sites is 1. The van der Waals surface area contributed by atoms with Gasteiger partial charge >= 0.3 is 0 Å². The van der Waals surface area contributed by atoms with Gasteiger partial charge in [-0.25, -0.2) is 4.98 Å². The minimum Gasteiger partial charge on any atom is -0.497 e. The molecule has 7 heteroatoms. The minimum atomic E-state index is -0.0987. The van der Waals surface area contributed by atoms with E-state index in [2.05, 4.69) is 20.6 Å². The normalized spacial score (nSPS) is 13.3. The van der Waals surface area contributed by atoms with Gasteiger partial charge in [-0.15, -0.1) is 0 Å². The summed E-state index contributed by atoms with van der Waals surface area (Å²) < 4.78 is 5.27. The van der Waals surface area contributed by atoms with Gasteiger partial charge in [-0.1, -0.05) is 12.1 Å². The number of rotatable bonds is 4. The zero-order valence-electron chi connectivity index (χ0n) is 14.6. The van der Waals surface area contributed by atoms with Crippen molar-refractivity contribution >= 4 is 40.0 Å². The number of nitrogens with zero attached hydrogens (tertiary/aromatic N) is 3. The second kappa shape index (κ2) is 6.51. The molecule has 1 aromatic heterocycles. The lowest BCUT2D eigenvalue weighted by molar-refractivity contribution is -0.115. The van der Waals surface area contributed by atoms with Crippen molar-refractivity contribution in [3.8, 4) is 5.75 Å². The third-order valence-electron chi connectivity index (χ3n) is 4.24. The van der Waals surface area contributed by atoms with Crippen LogP contribution in [0.5, 0.6) is 5.75 Å². The lowest BCUT2D eigenvalue weighted by Gasteiger charge is -2.31. The zero-order valence-corrected chi connectivity index (χ0v) is 14.6. The molecule has 132 valence electrons. The number of methoxy groups -OCH3 is 1. The Labute approximate surface area is 151 Å². The molecule has 1 aliphatic rings. The molecule has 7 nitrogen and oxygen atoms in total. The van der Waals surface area contributed by atoms with Gasteiger partial charge in [0.25, 0.3) is 0 Å². The molecule has 0 radical (unpaired) electrons. The highest BCUT2D eigenvalue weighted by molar-refractivity contribution is 6.05. The first-order valence-corrected chi connectivity index (χ1v) is 8.45. The summed E-state index contributed by atoms with van der Waals surface area (Å²) in [5.74, 6) is 1.83. The zero-order chi connectivity index (χ0) is 18.1. The first-order valence-electron chi connectivity index (χ1n) is 8.45. The third-order valence-corrected chi connectivity index (χ3v) is 4.24. The number of carbonyl (C=O) groups excluding carboxylic acids is 1. The molecule has 0 atom stereocenters. The highest BCUT2D eigenvalue weighted by Crippen LogP contribution is 2.39. The van der Waals surface area contributed by atoms with Crippen LogP contribution in [-0.2, 0) is 4.79 Å². The Morgan fingerprint density at radius 2 is 2.08 bits per heavy atom. The van der Waals surface area contributed by atoms with E-state index in [9.17, 15) is 4.79 Å². The number of anilines is 4. The maximum absolute atomic E-state index is 12.3. The Morgan fingerprint density at radius 1 is 1.23 bits per heavy atom. The van der Waals surface area contributed by atoms with Crippen molar-refractivity contribution in [3.05, 3.63) is 42.5 Å². The fraction of sp³-hybridized carbons (Fsp3) is 0.211. The molecular formula is C19H19N5O2. The maximum atomic E-state index is 12.3. The van der Waals surface area contributed by atoms with Crippen LogP contribution in [0.2, 0.25) is 0 Å². The fourth-order valence-electron chi connectivity index (χ4n) is 3.09. The van der Waals surface area contributed by atoms with E-state index in [4.69, 9.17) is 4.74 Å². The third kappa shape index (κ3) is 2.77. The van der Waals surface area contributed by atoms with E-state index in [0.717, 1.165) is 16.6 Å². The summed E-state index contributed by atoms with van der Waals surface area (Å²) >= 11 is 0. The second-order valence-electron chi connectivity index (χ2n) is 5.94. The molecule has 2 N–H and O–H groups in total. The van der Waals surface area contributed by atoms with Gasteiger partial charge in [-0.2, -0.15) is 4.98 Å². The number of carbonyl (C=O) groups is 1. The Kier molecular flexibility index (Phi) is 4.04. The lowest BCUT2D eigenvalue weighted by atomic mass is 10.1. The molecule has 3 aromatic rings. The van der Waals surface area contributed by atoms with Crippen molar-refractivity contribution in [2.45, 2.75) is 6.92 Å². The van der Waals surface area contributed by atoms with Crippen LogP contribution in [0, 0.1) is 0 Å². The molecule has 2 aromatic carbocycles. The molecule has 0 unspecified atom stereocenters. The largest absolute Gasteiger partial charge is 0.497 e. The van der Waals surface area contributed by atoms with Crippen LogP contribution in [0.25, 0.3) is 10.9 Å². The molecule has 0 bridgehead atoms. The number of hydrogen-bond acceptors (Lipinski definition) is 6. The average molecular weight is 349 g/mol. The number of aromatic nitrogens is 2. The smallest absolute Gasteiger partial charge is 0.244 e. The quantitative estimate of drug-likeness (QED) is 0.753. The Bertz CT molecular complexity index is 989. The summed E-state index contributed by atoms with van der Waals surface area (Å²) in [6, 6.07) is 13.4. The molecular weight excluding hydrogens is 330 g/mol. The molecule has 1 aliphatic heterocycles. The average Bonchev–Trinajstić information content (AvgIpc) is 2.66. The predicted octanol–water partition coefficient (Wildman–Crippen LogP) is 3.16. The summed E-state index contributed by atoms with van der Waals surface area (Å²) in [4.78, 5) is 23.5. The van der Waals surface area contributed by atoms with E-state index < -0.39 is 0 Å². The van der Waals surface area contributed by atoms with Crippen molar-refractivity contribution in [1.29, 1.82) is 0 Å². The van der Waals surface area contributed by atoms with E-state index in [1.807, 2.05) is 54.3 Å². The van der Waals surface area contributed by atoms with Crippen LogP contribution in [0.3, 0.4) is 0 Å². The molecule has 0 saturated carbocycles. The Hall–Kier alpha value is -3.35. The van der Waals surface area contributed by atoms with Crippen molar-refractivity contribution < 1.29 is 9.53 Å². The number of nitrogens with one attached hydrogen (secondary N) is 2. The lowest BCUT2D eigenvalue weighted by Crippen LogP contribution is -2.35. The molecule has 0 spiro atoms. The minimum absolute atomic E-state index is 0.0987. The van der Waals surface area contributed by atoms with E-state index in [1.54, 1.807) is 7.11 Å². The number of amides is 1. The van der Waals surface area contributed by atoms with Crippen LogP contribution in [0.15, 0.2) is 42.5 Å². The summed E-state index contributed by atoms with van der Waals surface area (Å²) in [6.07, 6.45) is 0. The van der Waals surface area contributed by atoms with Gasteiger partial charge in [-0.3, -0.25) is 4.79 Å². The van der Waals surface area contributed by atoms with E-state index in [1.165, 1.54) is 0 Å². The van der Waals surface area contributed by atoms with Crippen LogP contribution >= 0.6 is 0 Å². The van der Waals surface area contributed by atoms with Crippen LogP contribution < -0.4 is 20.3 Å². The molecule has 4 rings (SSSR count). The molecule has 0 fully saturated rings. The van der Waals surface area contributed by atoms with Gasteiger partial charge in [0.15, 0.2) is 0 Å². The van der Waals surface area contributed by atoms with Crippen LogP contribution in [0.4, 0.5) is 23.1 Å². The number of hydrogen-bond donors (Lipinski definition) is 2. The van der Waals surface area contributed by atoms with Crippen molar-refractivity contribution in [2.24, 2.45) is 0 Å². The molecule has 0 aliphatic carbocycles. The van der Waals surface area contributed by atoms with Gasteiger partial charge in [0.1, 0.15) is 18.1 Å². The maximum Gasteiger partial charge on any atom is 0.244 e. The SMILES string of the molecule is CCNc1nc(N2CC(=O)Nc3cc(OC)ccc32)c2ccccc2n1. The van der Waals surface area contributed by atoms with Gasteiger partial charge in [0, 0.05) is 18.0 Å². The van der Waals surface area contributed by atoms with E-state index >= 15 is 0 Å². The van der Waals surface area contributed by atoms with Crippen LogP contribution in [0.1, 0.15) is 6.92 Å². The van der Waals surface area contributed by atoms with E-state index in [-0.39, 0.29) is 12.5 Å². The number of fused-ring (bicyclic) bond motifs is 2. The topological polar surface area (TPSA) is 79.4 Å². The van der Waals surface area contributed by atoms with Gasteiger partial charge in [0.05, 0.1) is 24.0 Å². The summed E-state index contributed by atoms with van der Waals surface area (Å²) in [5.41, 5.74) is 2.40. The molecule has 2 heterocycles. The van der Waals surface area contributed by atoms with Crippen molar-refractivity contribution in [1.82, 2.24) is 9.97 Å².